The Hall–Kier alpha value is -5.66. The Labute approximate surface area is 230 Å². The summed E-state index contributed by atoms with van der Waals surface area (Å²) in [5.74, 6) is 0. The van der Waals surface area contributed by atoms with E-state index in [1.807, 2.05) is 30.5 Å². The minimum absolute atomic E-state index is 0.647. The first kappa shape index (κ1) is 22.3. The van der Waals surface area contributed by atoms with Gasteiger partial charge in [0, 0.05) is 38.5 Å². The molecule has 0 unspecified atom stereocenters. The number of rotatable bonds is 3. The van der Waals surface area contributed by atoms with Crippen molar-refractivity contribution in [2.75, 3.05) is 0 Å². The molecule has 0 saturated heterocycles. The molecular weight excluding hydrogens is 488 g/mol. The molecule has 0 aliphatic heterocycles. The van der Waals surface area contributed by atoms with E-state index in [0.29, 0.717) is 5.56 Å². The van der Waals surface area contributed by atoms with Crippen LogP contribution >= 0.6 is 0 Å². The highest BCUT2D eigenvalue weighted by Crippen LogP contribution is 2.37. The normalized spacial score (nSPS) is 11.5. The van der Waals surface area contributed by atoms with Gasteiger partial charge in [-0.05, 0) is 66.7 Å². The number of nitriles is 1. The van der Waals surface area contributed by atoms with Gasteiger partial charge in [0.2, 0.25) is 0 Å². The molecule has 0 aliphatic carbocycles. The van der Waals surface area contributed by atoms with E-state index in [0.717, 1.165) is 39.1 Å². The molecule has 3 heterocycles. The third-order valence-electron chi connectivity index (χ3n) is 7.80. The third-order valence-corrected chi connectivity index (χ3v) is 7.80. The van der Waals surface area contributed by atoms with Crippen LogP contribution in [0.2, 0.25) is 0 Å². The standard InChI is InChI=1S/C36H22N4/c37-22-24-14-17-27(18-15-24)40-34-13-7-5-11-29(34)31-21-32(38-23-36(31)40)25-16-19-35-30(20-25)28-10-4-6-12-33(28)39(35)26-8-2-1-3-9-26/h1-21,23H. The molecule has 8 aromatic rings. The van der Waals surface area contributed by atoms with E-state index in [2.05, 4.69) is 118 Å². The molecule has 0 N–H and O–H groups in total. The fourth-order valence-corrected chi connectivity index (χ4v) is 5.98. The lowest BCUT2D eigenvalue weighted by Crippen LogP contribution is -1.94. The van der Waals surface area contributed by atoms with Crippen LogP contribution < -0.4 is 0 Å². The minimum Gasteiger partial charge on any atom is -0.309 e. The van der Waals surface area contributed by atoms with E-state index in [-0.39, 0.29) is 0 Å². The first-order valence-corrected chi connectivity index (χ1v) is 13.3. The number of para-hydroxylation sites is 3. The zero-order valence-corrected chi connectivity index (χ0v) is 21.5. The molecule has 0 radical (unpaired) electrons. The van der Waals surface area contributed by atoms with Gasteiger partial charge >= 0.3 is 0 Å². The van der Waals surface area contributed by atoms with Gasteiger partial charge in [-0.1, -0.05) is 60.7 Å². The molecular formula is C36H22N4. The Balaban J connectivity index is 1.34. The van der Waals surface area contributed by atoms with Gasteiger partial charge in [-0.3, -0.25) is 4.98 Å². The molecule has 0 fully saturated rings. The predicted octanol–water partition coefficient (Wildman–Crippen LogP) is 8.81. The van der Waals surface area contributed by atoms with Crippen molar-refractivity contribution in [3.63, 3.8) is 0 Å². The highest BCUT2D eigenvalue weighted by molar-refractivity contribution is 6.12. The van der Waals surface area contributed by atoms with Gasteiger partial charge in [-0.25, -0.2) is 0 Å². The number of benzene rings is 5. The topological polar surface area (TPSA) is 46.5 Å². The molecule has 4 nitrogen and oxygen atoms in total. The van der Waals surface area contributed by atoms with Gasteiger partial charge in [-0.2, -0.15) is 5.26 Å². The van der Waals surface area contributed by atoms with E-state index in [4.69, 9.17) is 4.98 Å². The van der Waals surface area contributed by atoms with Crippen LogP contribution in [0, 0.1) is 11.3 Å². The molecule has 0 aliphatic rings. The second-order valence-electron chi connectivity index (χ2n) is 10.0. The summed E-state index contributed by atoms with van der Waals surface area (Å²) in [7, 11) is 0. The van der Waals surface area contributed by atoms with Crippen molar-refractivity contribution in [2.45, 2.75) is 0 Å². The number of hydrogen-bond acceptors (Lipinski definition) is 2. The smallest absolute Gasteiger partial charge is 0.0991 e. The first-order valence-electron chi connectivity index (χ1n) is 13.3. The summed E-state index contributed by atoms with van der Waals surface area (Å²) in [4.78, 5) is 4.96. The number of hydrogen-bond donors (Lipinski definition) is 0. The summed E-state index contributed by atoms with van der Waals surface area (Å²) in [6.45, 7) is 0. The summed E-state index contributed by atoms with van der Waals surface area (Å²) in [6.07, 6.45) is 1.97. The Bertz CT molecular complexity index is 2260. The Kier molecular flexibility index (Phi) is 4.85. The van der Waals surface area contributed by atoms with Gasteiger partial charge in [-0.15, -0.1) is 0 Å². The number of pyridine rings is 1. The molecule has 0 amide bonds. The van der Waals surface area contributed by atoms with E-state index in [1.54, 1.807) is 0 Å². The average Bonchev–Trinajstić information content (AvgIpc) is 3.54. The van der Waals surface area contributed by atoms with Crippen molar-refractivity contribution in [1.29, 1.82) is 5.26 Å². The number of nitrogens with zero attached hydrogens (tertiary/aromatic N) is 4. The van der Waals surface area contributed by atoms with Gasteiger partial charge in [0.1, 0.15) is 0 Å². The summed E-state index contributed by atoms with van der Waals surface area (Å²) in [6, 6.07) is 46.3. The maximum absolute atomic E-state index is 9.26. The van der Waals surface area contributed by atoms with E-state index >= 15 is 0 Å². The van der Waals surface area contributed by atoms with Crippen molar-refractivity contribution >= 4 is 43.6 Å². The molecule has 3 aromatic heterocycles. The Morgan fingerprint density at radius 2 is 1.07 bits per heavy atom. The van der Waals surface area contributed by atoms with Crippen LogP contribution in [0.1, 0.15) is 5.56 Å². The lowest BCUT2D eigenvalue weighted by molar-refractivity contribution is 1.16. The van der Waals surface area contributed by atoms with Gasteiger partial charge in [0.15, 0.2) is 0 Å². The highest BCUT2D eigenvalue weighted by Gasteiger charge is 2.16. The maximum atomic E-state index is 9.26. The SMILES string of the molecule is N#Cc1ccc(-n2c3ccccc3c3cc(-c4ccc5c(c4)c4ccccc4n5-c4ccccc4)ncc32)cc1. The highest BCUT2D eigenvalue weighted by atomic mass is 15.0. The third kappa shape index (κ3) is 3.28. The van der Waals surface area contributed by atoms with Crippen LogP contribution in [-0.2, 0) is 0 Å². The lowest BCUT2D eigenvalue weighted by Gasteiger charge is -2.09. The summed E-state index contributed by atoms with van der Waals surface area (Å²) in [5.41, 5.74) is 9.35. The van der Waals surface area contributed by atoms with Crippen LogP contribution in [0.3, 0.4) is 0 Å². The molecule has 5 aromatic carbocycles. The minimum atomic E-state index is 0.647. The van der Waals surface area contributed by atoms with Crippen molar-refractivity contribution < 1.29 is 0 Å². The van der Waals surface area contributed by atoms with Crippen LogP contribution in [0.5, 0.6) is 0 Å². The maximum Gasteiger partial charge on any atom is 0.0991 e. The largest absolute Gasteiger partial charge is 0.309 e. The zero-order valence-electron chi connectivity index (χ0n) is 21.5. The van der Waals surface area contributed by atoms with Gasteiger partial charge < -0.3 is 9.13 Å². The van der Waals surface area contributed by atoms with Crippen LogP contribution in [0.25, 0.3) is 66.2 Å². The fraction of sp³-hybridized carbons (Fsp3) is 0. The van der Waals surface area contributed by atoms with Crippen molar-refractivity contribution in [2.24, 2.45) is 0 Å². The average molecular weight is 511 g/mol. The number of fused-ring (bicyclic) bond motifs is 6. The van der Waals surface area contributed by atoms with E-state index in [1.165, 1.54) is 27.2 Å². The Morgan fingerprint density at radius 3 is 1.77 bits per heavy atom. The lowest BCUT2D eigenvalue weighted by atomic mass is 10.0. The van der Waals surface area contributed by atoms with Crippen LogP contribution in [0.4, 0.5) is 0 Å². The molecule has 186 valence electrons. The second-order valence-corrected chi connectivity index (χ2v) is 10.0. The zero-order chi connectivity index (χ0) is 26.6. The first-order chi connectivity index (χ1) is 19.8. The molecule has 4 heteroatoms. The summed E-state index contributed by atoms with van der Waals surface area (Å²) < 4.78 is 4.55. The number of aromatic nitrogens is 3. The Morgan fingerprint density at radius 1 is 0.500 bits per heavy atom. The summed E-state index contributed by atoms with van der Waals surface area (Å²) in [5, 5.41) is 14.0. The van der Waals surface area contributed by atoms with Crippen LogP contribution in [0.15, 0.2) is 134 Å². The van der Waals surface area contributed by atoms with Crippen molar-refractivity contribution in [3.05, 3.63) is 139 Å². The molecule has 0 saturated carbocycles. The summed E-state index contributed by atoms with van der Waals surface area (Å²) >= 11 is 0. The molecule has 8 rings (SSSR count). The predicted molar refractivity (Wildman–Crippen MR) is 163 cm³/mol. The van der Waals surface area contributed by atoms with E-state index in [9.17, 15) is 5.26 Å². The van der Waals surface area contributed by atoms with Crippen molar-refractivity contribution in [1.82, 2.24) is 14.1 Å². The van der Waals surface area contributed by atoms with Crippen LogP contribution in [-0.4, -0.2) is 14.1 Å². The van der Waals surface area contributed by atoms with Gasteiger partial charge in [0.05, 0.1) is 45.6 Å². The van der Waals surface area contributed by atoms with Gasteiger partial charge in [0.25, 0.3) is 0 Å². The quantitative estimate of drug-likeness (QED) is 0.238. The second kappa shape index (κ2) is 8.69. The molecule has 0 spiro atoms. The van der Waals surface area contributed by atoms with Crippen molar-refractivity contribution in [3.8, 4) is 28.7 Å². The fourth-order valence-electron chi connectivity index (χ4n) is 5.98. The monoisotopic (exact) mass is 510 g/mol. The van der Waals surface area contributed by atoms with E-state index < -0.39 is 0 Å². The molecule has 40 heavy (non-hydrogen) atoms. The molecule has 0 bridgehead atoms. The molecule has 0 atom stereocenters.